The average Bonchev–Trinajstić information content (AvgIpc) is 3.17. The number of carbonyl (C=O) groups excluding carboxylic acids is 2. The molecule has 0 aliphatic rings. The predicted octanol–water partition coefficient (Wildman–Crippen LogP) is 13.4. The summed E-state index contributed by atoms with van der Waals surface area (Å²) in [5, 5.41) is 11.9. The lowest BCUT2D eigenvalue weighted by molar-refractivity contribution is -0.150. The Balaban J connectivity index is 4.03. The summed E-state index contributed by atoms with van der Waals surface area (Å²) in [7, 11) is 0. The van der Waals surface area contributed by atoms with E-state index in [4.69, 9.17) is 10.5 Å². The van der Waals surface area contributed by atoms with Gasteiger partial charge in [-0.2, -0.15) is 0 Å². The Morgan fingerprint density at radius 1 is 0.527 bits per heavy atom. The van der Waals surface area contributed by atoms with Crippen molar-refractivity contribution < 1.29 is 24.2 Å². The molecule has 0 radical (unpaired) electrons. The van der Waals surface area contributed by atoms with E-state index >= 15 is 0 Å². The molecule has 0 bridgehead atoms. The highest BCUT2D eigenvalue weighted by atomic mass is 16.5. The van der Waals surface area contributed by atoms with E-state index in [0.29, 0.717) is 32.2 Å². The third-order valence-corrected chi connectivity index (χ3v) is 10.5. The van der Waals surface area contributed by atoms with Gasteiger partial charge in [-0.25, -0.2) is 4.79 Å². The molecule has 2 unspecified atom stereocenters. The van der Waals surface area contributed by atoms with Crippen molar-refractivity contribution in [2.45, 2.75) is 244 Å². The number of nitrogens with one attached hydrogen (secondary N) is 1. The van der Waals surface area contributed by atoms with E-state index in [1.807, 2.05) is 0 Å². The minimum atomic E-state index is -1.00. The summed E-state index contributed by atoms with van der Waals surface area (Å²) in [6.45, 7) is 4.92. The first-order valence-electron chi connectivity index (χ1n) is 23.3. The summed E-state index contributed by atoms with van der Waals surface area (Å²) in [5.74, 6) is -1.24. The van der Waals surface area contributed by atoms with Crippen molar-refractivity contribution in [1.82, 2.24) is 5.32 Å². The van der Waals surface area contributed by atoms with Crippen LogP contribution in [0.1, 0.15) is 232 Å². The second-order valence-electron chi connectivity index (χ2n) is 15.8. The van der Waals surface area contributed by atoms with Crippen molar-refractivity contribution in [2.75, 3.05) is 6.54 Å². The molecule has 0 aromatic heterocycles. The van der Waals surface area contributed by atoms with Crippen molar-refractivity contribution in [3.63, 3.8) is 0 Å². The molecule has 320 valence electrons. The van der Waals surface area contributed by atoms with Crippen molar-refractivity contribution in [3.05, 3.63) is 36.5 Å². The Morgan fingerprint density at radius 2 is 0.945 bits per heavy atom. The van der Waals surface area contributed by atoms with Crippen LogP contribution >= 0.6 is 0 Å². The normalized spacial score (nSPS) is 12.9. The standard InChI is InChI=1S/C48H88N2O5/c1-3-5-7-9-11-12-13-14-15-16-17-18-19-20-21-22-23-24-25-26-27-32-36-42-47(52)55-44(38-33-29-10-8-6-4-2)39-34-30-28-31-35-41-46(51)50-45(48(53)54)40-37-43-49/h13-14,16-17,19-20,44-45H,3-12,15,18,21-43,49H2,1-2H3,(H,50,51)(H,53,54)/b14-13-,17-16-,20-19-. The number of ether oxygens (including phenoxy) is 1. The van der Waals surface area contributed by atoms with Crippen LogP contribution in [-0.2, 0) is 19.1 Å². The quantitative estimate of drug-likeness (QED) is 0.0323. The molecule has 0 aromatic rings. The maximum atomic E-state index is 12.7. The summed E-state index contributed by atoms with van der Waals surface area (Å²) in [5.41, 5.74) is 5.48. The third kappa shape index (κ3) is 39.6. The van der Waals surface area contributed by atoms with Gasteiger partial charge in [-0.15, -0.1) is 0 Å². The molecular formula is C48H88N2O5. The lowest BCUT2D eigenvalue weighted by atomic mass is 10.0. The fourth-order valence-corrected chi connectivity index (χ4v) is 6.93. The maximum Gasteiger partial charge on any atom is 0.326 e. The number of allylic oxidation sites excluding steroid dienone is 6. The van der Waals surface area contributed by atoms with E-state index in [-0.39, 0.29) is 18.0 Å². The van der Waals surface area contributed by atoms with Crippen LogP contribution in [0.2, 0.25) is 0 Å². The summed E-state index contributed by atoms with van der Waals surface area (Å²) in [6, 6.07) is -0.855. The Kier molecular flexibility index (Phi) is 40.9. The molecule has 0 fully saturated rings. The van der Waals surface area contributed by atoms with Crippen LogP contribution in [0.25, 0.3) is 0 Å². The Hall–Kier alpha value is -2.41. The number of esters is 1. The van der Waals surface area contributed by atoms with E-state index in [2.05, 4.69) is 55.6 Å². The van der Waals surface area contributed by atoms with E-state index in [1.165, 1.54) is 116 Å². The van der Waals surface area contributed by atoms with Crippen LogP contribution in [0.15, 0.2) is 36.5 Å². The fourth-order valence-electron chi connectivity index (χ4n) is 6.93. The molecule has 7 heteroatoms. The van der Waals surface area contributed by atoms with E-state index in [0.717, 1.165) is 77.0 Å². The number of carboxylic acid groups (broad SMARTS) is 1. The van der Waals surface area contributed by atoms with Gasteiger partial charge in [0.25, 0.3) is 0 Å². The van der Waals surface area contributed by atoms with Gasteiger partial charge in [0.15, 0.2) is 0 Å². The minimum Gasteiger partial charge on any atom is -0.480 e. The fraction of sp³-hybridized carbons (Fsp3) is 0.812. The van der Waals surface area contributed by atoms with Gasteiger partial charge in [0.1, 0.15) is 12.1 Å². The van der Waals surface area contributed by atoms with Crippen LogP contribution < -0.4 is 11.1 Å². The van der Waals surface area contributed by atoms with Crippen LogP contribution in [0.3, 0.4) is 0 Å². The molecule has 0 aromatic carbocycles. The number of hydrogen-bond acceptors (Lipinski definition) is 5. The molecule has 1 amide bonds. The zero-order chi connectivity index (χ0) is 40.3. The van der Waals surface area contributed by atoms with Gasteiger partial charge in [-0.3, -0.25) is 9.59 Å². The SMILES string of the molecule is CCCCCCC/C=C\C/C=C\C/C=C\CCCCCCCCCCC(=O)OC(CCCCCCCC)CCCCCCCC(=O)NC(CCCN)C(=O)O. The Bertz CT molecular complexity index is 962. The number of carboxylic acids is 1. The maximum absolute atomic E-state index is 12.7. The highest BCUT2D eigenvalue weighted by Gasteiger charge is 2.19. The van der Waals surface area contributed by atoms with Crippen molar-refractivity contribution in [3.8, 4) is 0 Å². The molecule has 2 atom stereocenters. The van der Waals surface area contributed by atoms with Gasteiger partial charge in [0.05, 0.1) is 0 Å². The van der Waals surface area contributed by atoms with Crippen LogP contribution in [0.4, 0.5) is 0 Å². The lowest BCUT2D eigenvalue weighted by Crippen LogP contribution is -2.40. The van der Waals surface area contributed by atoms with Gasteiger partial charge in [0, 0.05) is 12.8 Å². The second kappa shape index (κ2) is 42.7. The second-order valence-corrected chi connectivity index (χ2v) is 15.8. The lowest BCUT2D eigenvalue weighted by Gasteiger charge is -2.18. The molecule has 0 aliphatic heterocycles. The van der Waals surface area contributed by atoms with E-state index in [9.17, 15) is 19.5 Å². The monoisotopic (exact) mass is 773 g/mol. The molecule has 4 N–H and O–H groups in total. The molecular weight excluding hydrogens is 685 g/mol. The van der Waals surface area contributed by atoms with Crippen molar-refractivity contribution in [1.29, 1.82) is 0 Å². The number of aliphatic carboxylic acids is 1. The van der Waals surface area contributed by atoms with Gasteiger partial charge in [-0.1, -0.05) is 166 Å². The predicted molar refractivity (Wildman–Crippen MR) is 234 cm³/mol. The highest BCUT2D eigenvalue weighted by molar-refractivity contribution is 5.83. The summed E-state index contributed by atoms with van der Waals surface area (Å²) in [4.78, 5) is 36.3. The van der Waals surface area contributed by atoms with Crippen molar-refractivity contribution in [2.24, 2.45) is 5.73 Å². The van der Waals surface area contributed by atoms with Crippen molar-refractivity contribution >= 4 is 17.8 Å². The smallest absolute Gasteiger partial charge is 0.326 e. The molecule has 0 saturated carbocycles. The molecule has 0 saturated heterocycles. The molecule has 0 aliphatic carbocycles. The Morgan fingerprint density at radius 3 is 1.42 bits per heavy atom. The molecule has 55 heavy (non-hydrogen) atoms. The number of rotatable bonds is 42. The minimum absolute atomic E-state index is 0.0131. The Labute approximate surface area is 339 Å². The van der Waals surface area contributed by atoms with E-state index < -0.39 is 12.0 Å². The molecule has 0 spiro atoms. The molecule has 7 nitrogen and oxygen atoms in total. The van der Waals surface area contributed by atoms with E-state index in [1.54, 1.807) is 0 Å². The topological polar surface area (TPSA) is 119 Å². The third-order valence-electron chi connectivity index (χ3n) is 10.5. The summed E-state index contributed by atoms with van der Waals surface area (Å²) >= 11 is 0. The first kappa shape index (κ1) is 52.6. The number of carbonyl (C=O) groups is 3. The average molecular weight is 773 g/mol. The number of unbranched alkanes of at least 4 members (excludes halogenated alkanes) is 22. The highest BCUT2D eigenvalue weighted by Crippen LogP contribution is 2.19. The number of amides is 1. The van der Waals surface area contributed by atoms with Gasteiger partial charge in [-0.05, 0) is 96.4 Å². The number of hydrogen-bond donors (Lipinski definition) is 3. The summed E-state index contributed by atoms with van der Waals surface area (Å²) < 4.78 is 6.01. The number of nitrogens with two attached hydrogens (primary N) is 1. The summed E-state index contributed by atoms with van der Waals surface area (Å²) in [6.07, 6.45) is 50.7. The largest absolute Gasteiger partial charge is 0.480 e. The first-order chi connectivity index (χ1) is 26.9. The van der Waals surface area contributed by atoms with Crippen LogP contribution in [-0.4, -0.2) is 41.6 Å². The zero-order valence-electron chi connectivity index (χ0n) is 36.0. The first-order valence-corrected chi connectivity index (χ1v) is 23.3. The van der Waals surface area contributed by atoms with Gasteiger partial charge in [0.2, 0.25) is 5.91 Å². The molecule has 0 rings (SSSR count). The van der Waals surface area contributed by atoms with Crippen LogP contribution in [0, 0.1) is 0 Å². The zero-order valence-corrected chi connectivity index (χ0v) is 36.0. The van der Waals surface area contributed by atoms with Gasteiger partial charge < -0.3 is 20.9 Å². The van der Waals surface area contributed by atoms with Gasteiger partial charge >= 0.3 is 11.9 Å². The molecule has 0 heterocycles. The van der Waals surface area contributed by atoms with Crippen LogP contribution in [0.5, 0.6) is 0 Å².